The molecule has 2 aromatic rings. The average molecular weight is 254 g/mol. The van der Waals surface area contributed by atoms with Crippen LogP contribution in [-0.4, -0.2) is 20.5 Å². The molecular formula is C9H10N4OS2. The standard InChI is InChI=1S/C9H10N4OS2/c1-3-6-7(16-13-12-6)8(14)11-9-10-5(2)4-15-9/h4H,3H2,1-2H3,(H,10,11,14). The Kier molecular flexibility index (Phi) is 3.25. The van der Waals surface area contributed by atoms with E-state index in [1.165, 1.54) is 11.3 Å². The highest BCUT2D eigenvalue weighted by Crippen LogP contribution is 2.18. The molecule has 0 atom stereocenters. The zero-order valence-electron chi connectivity index (χ0n) is 8.85. The number of hydrogen-bond acceptors (Lipinski definition) is 6. The Balaban J connectivity index is 2.14. The van der Waals surface area contributed by atoms with E-state index in [0.29, 0.717) is 16.4 Å². The van der Waals surface area contributed by atoms with Crippen LogP contribution in [0.5, 0.6) is 0 Å². The monoisotopic (exact) mass is 254 g/mol. The summed E-state index contributed by atoms with van der Waals surface area (Å²) in [5.74, 6) is -0.179. The Hall–Kier alpha value is -1.34. The molecule has 0 aliphatic heterocycles. The molecule has 0 saturated carbocycles. The third-order valence-electron chi connectivity index (χ3n) is 1.94. The fraction of sp³-hybridized carbons (Fsp3) is 0.333. The number of aromatic nitrogens is 3. The van der Waals surface area contributed by atoms with E-state index < -0.39 is 0 Å². The minimum Gasteiger partial charge on any atom is -0.297 e. The summed E-state index contributed by atoms with van der Waals surface area (Å²) in [6, 6.07) is 0. The minimum atomic E-state index is -0.179. The fourth-order valence-electron chi connectivity index (χ4n) is 1.18. The van der Waals surface area contributed by atoms with Gasteiger partial charge in [-0.2, -0.15) is 0 Å². The molecule has 2 heterocycles. The molecule has 0 bridgehead atoms. The maximum Gasteiger partial charge on any atom is 0.271 e. The van der Waals surface area contributed by atoms with Crippen molar-refractivity contribution in [2.75, 3.05) is 5.32 Å². The number of nitrogens with one attached hydrogen (secondary N) is 1. The Bertz CT molecular complexity index is 505. The van der Waals surface area contributed by atoms with Gasteiger partial charge in [0.15, 0.2) is 5.13 Å². The summed E-state index contributed by atoms with van der Waals surface area (Å²) in [4.78, 5) is 16.6. The molecule has 0 aliphatic carbocycles. The van der Waals surface area contributed by atoms with Crippen molar-refractivity contribution in [3.05, 3.63) is 21.6 Å². The maximum atomic E-state index is 11.9. The van der Waals surface area contributed by atoms with Gasteiger partial charge in [0.05, 0.1) is 11.4 Å². The van der Waals surface area contributed by atoms with Crippen LogP contribution < -0.4 is 5.32 Å². The van der Waals surface area contributed by atoms with Crippen molar-refractivity contribution in [3.8, 4) is 0 Å². The number of aryl methyl sites for hydroxylation is 2. The van der Waals surface area contributed by atoms with Crippen LogP contribution in [-0.2, 0) is 6.42 Å². The normalized spacial score (nSPS) is 10.4. The van der Waals surface area contributed by atoms with Gasteiger partial charge in [-0.05, 0) is 24.9 Å². The lowest BCUT2D eigenvalue weighted by atomic mass is 10.3. The van der Waals surface area contributed by atoms with Crippen LogP contribution in [0.25, 0.3) is 0 Å². The van der Waals surface area contributed by atoms with E-state index in [9.17, 15) is 4.79 Å². The van der Waals surface area contributed by atoms with Gasteiger partial charge in [-0.25, -0.2) is 4.98 Å². The van der Waals surface area contributed by atoms with Gasteiger partial charge in [0.25, 0.3) is 5.91 Å². The molecule has 0 unspecified atom stereocenters. The molecule has 16 heavy (non-hydrogen) atoms. The Labute approximate surface area is 101 Å². The summed E-state index contributed by atoms with van der Waals surface area (Å²) in [7, 11) is 0. The molecule has 0 radical (unpaired) electrons. The van der Waals surface area contributed by atoms with E-state index in [1.54, 1.807) is 0 Å². The Morgan fingerprint density at radius 3 is 3.00 bits per heavy atom. The number of nitrogens with zero attached hydrogens (tertiary/aromatic N) is 3. The molecular weight excluding hydrogens is 244 g/mol. The van der Waals surface area contributed by atoms with Gasteiger partial charge in [-0.15, -0.1) is 16.4 Å². The van der Waals surface area contributed by atoms with Gasteiger partial charge >= 0.3 is 0 Å². The summed E-state index contributed by atoms with van der Waals surface area (Å²) in [6.07, 6.45) is 0.705. The zero-order valence-corrected chi connectivity index (χ0v) is 10.5. The maximum absolute atomic E-state index is 11.9. The first-order chi connectivity index (χ1) is 7.70. The van der Waals surface area contributed by atoms with Crippen LogP contribution in [0.4, 0.5) is 5.13 Å². The van der Waals surface area contributed by atoms with E-state index in [2.05, 4.69) is 19.9 Å². The van der Waals surface area contributed by atoms with Crippen molar-refractivity contribution < 1.29 is 4.79 Å². The van der Waals surface area contributed by atoms with Crippen molar-refractivity contribution in [3.63, 3.8) is 0 Å². The summed E-state index contributed by atoms with van der Waals surface area (Å²) >= 11 is 2.52. The van der Waals surface area contributed by atoms with Gasteiger partial charge in [-0.3, -0.25) is 10.1 Å². The SMILES string of the molecule is CCc1nnsc1C(=O)Nc1nc(C)cs1. The largest absolute Gasteiger partial charge is 0.297 e. The summed E-state index contributed by atoms with van der Waals surface area (Å²) in [5.41, 5.74) is 1.63. The Morgan fingerprint density at radius 1 is 1.56 bits per heavy atom. The highest BCUT2D eigenvalue weighted by atomic mass is 32.1. The second-order valence-corrected chi connectivity index (χ2v) is 4.76. The number of rotatable bonds is 3. The zero-order chi connectivity index (χ0) is 11.5. The highest BCUT2D eigenvalue weighted by Gasteiger charge is 2.15. The summed E-state index contributed by atoms with van der Waals surface area (Å²) < 4.78 is 3.77. The lowest BCUT2D eigenvalue weighted by molar-refractivity contribution is 0.102. The first-order valence-corrected chi connectivity index (χ1v) is 6.40. The quantitative estimate of drug-likeness (QED) is 0.911. The van der Waals surface area contributed by atoms with Crippen LogP contribution in [0.15, 0.2) is 5.38 Å². The molecule has 0 aliphatic rings. The van der Waals surface area contributed by atoms with Crippen molar-refractivity contribution in [2.24, 2.45) is 0 Å². The smallest absolute Gasteiger partial charge is 0.271 e. The molecule has 1 N–H and O–H groups in total. The lowest BCUT2D eigenvalue weighted by Gasteiger charge is -1.98. The van der Waals surface area contributed by atoms with E-state index in [4.69, 9.17) is 0 Å². The molecule has 0 saturated heterocycles. The van der Waals surface area contributed by atoms with Gasteiger partial charge in [0.2, 0.25) is 0 Å². The van der Waals surface area contributed by atoms with E-state index in [-0.39, 0.29) is 5.91 Å². The molecule has 0 spiro atoms. The predicted octanol–water partition coefficient (Wildman–Crippen LogP) is 2.12. The fourth-order valence-corrected chi connectivity index (χ4v) is 2.51. The average Bonchev–Trinajstić information content (AvgIpc) is 2.86. The molecule has 1 amide bonds. The van der Waals surface area contributed by atoms with Gasteiger partial charge in [0, 0.05) is 5.38 Å². The lowest BCUT2D eigenvalue weighted by Crippen LogP contribution is -2.12. The third kappa shape index (κ3) is 2.25. The van der Waals surface area contributed by atoms with E-state index >= 15 is 0 Å². The van der Waals surface area contributed by atoms with Crippen LogP contribution in [0.1, 0.15) is 28.0 Å². The van der Waals surface area contributed by atoms with E-state index in [1.807, 2.05) is 19.2 Å². The number of hydrogen-bond donors (Lipinski definition) is 1. The number of thiazole rings is 1. The molecule has 5 nitrogen and oxygen atoms in total. The van der Waals surface area contributed by atoms with Gasteiger partial charge in [-0.1, -0.05) is 11.4 Å². The van der Waals surface area contributed by atoms with Crippen LogP contribution in [0.3, 0.4) is 0 Å². The second-order valence-electron chi connectivity index (χ2n) is 3.15. The van der Waals surface area contributed by atoms with Crippen molar-refractivity contribution in [1.29, 1.82) is 0 Å². The summed E-state index contributed by atoms with van der Waals surface area (Å²) in [5, 5.41) is 9.13. The summed E-state index contributed by atoms with van der Waals surface area (Å²) in [6.45, 7) is 3.83. The molecule has 2 aromatic heterocycles. The van der Waals surface area contributed by atoms with Gasteiger partial charge < -0.3 is 0 Å². The highest BCUT2D eigenvalue weighted by molar-refractivity contribution is 7.14. The van der Waals surface area contributed by atoms with Crippen LogP contribution in [0, 0.1) is 6.92 Å². The van der Waals surface area contributed by atoms with Gasteiger partial charge in [0.1, 0.15) is 4.88 Å². The topological polar surface area (TPSA) is 67.8 Å². The van der Waals surface area contributed by atoms with Crippen LogP contribution >= 0.6 is 22.9 Å². The molecule has 0 aromatic carbocycles. The molecule has 84 valence electrons. The number of carbonyl (C=O) groups excluding carboxylic acids is 1. The molecule has 2 rings (SSSR count). The second kappa shape index (κ2) is 4.67. The Morgan fingerprint density at radius 2 is 2.38 bits per heavy atom. The molecule has 7 heteroatoms. The van der Waals surface area contributed by atoms with Crippen molar-refractivity contribution in [2.45, 2.75) is 20.3 Å². The first-order valence-electron chi connectivity index (χ1n) is 4.75. The molecule has 0 fully saturated rings. The number of amides is 1. The number of anilines is 1. The van der Waals surface area contributed by atoms with E-state index in [0.717, 1.165) is 22.9 Å². The predicted molar refractivity (Wildman–Crippen MR) is 64.1 cm³/mol. The first kappa shape index (κ1) is 11.2. The third-order valence-corrected chi connectivity index (χ3v) is 3.58. The van der Waals surface area contributed by atoms with Crippen molar-refractivity contribution in [1.82, 2.24) is 14.6 Å². The van der Waals surface area contributed by atoms with Crippen molar-refractivity contribution >= 4 is 33.9 Å². The number of carbonyl (C=O) groups is 1. The minimum absolute atomic E-state index is 0.179. The van der Waals surface area contributed by atoms with Crippen LogP contribution in [0.2, 0.25) is 0 Å².